The van der Waals surface area contributed by atoms with Gasteiger partial charge < -0.3 is 5.32 Å². The van der Waals surface area contributed by atoms with Crippen molar-refractivity contribution >= 4 is 10.8 Å². The van der Waals surface area contributed by atoms with Crippen LogP contribution in [0.4, 0.5) is 8.78 Å². The lowest BCUT2D eigenvalue weighted by Gasteiger charge is -2.18. The average Bonchev–Trinajstić information content (AvgIpc) is 2.25. The molecule has 0 aliphatic heterocycles. The molecule has 0 heterocycles. The molecule has 1 aromatic rings. The Labute approximate surface area is 103 Å². The fourth-order valence-corrected chi connectivity index (χ4v) is 1.82. The SMILES string of the molecule is CC(NCC(C)S(C)=O)c1c(F)cccc1F. The Morgan fingerprint density at radius 2 is 1.82 bits per heavy atom. The standard InChI is InChI=1S/C12H17F2NOS/c1-8(17(3)16)7-15-9(2)12-10(13)5-4-6-11(12)14/h4-6,8-9,15H,7H2,1-3H3. The Morgan fingerprint density at radius 3 is 2.29 bits per heavy atom. The molecule has 3 atom stereocenters. The van der Waals surface area contributed by atoms with E-state index in [0.717, 1.165) is 0 Å². The highest BCUT2D eigenvalue weighted by Crippen LogP contribution is 2.20. The van der Waals surface area contributed by atoms with Crippen LogP contribution in [-0.2, 0) is 10.8 Å². The van der Waals surface area contributed by atoms with E-state index in [9.17, 15) is 13.0 Å². The molecule has 1 aromatic carbocycles. The van der Waals surface area contributed by atoms with Crippen molar-refractivity contribution in [2.45, 2.75) is 25.1 Å². The summed E-state index contributed by atoms with van der Waals surface area (Å²) in [6.07, 6.45) is 1.61. The second-order valence-electron chi connectivity index (χ2n) is 4.07. The molecule has 0 radical (unpaired) electrons. The molecule has 0 saturated heterocycles. The molecule has 1 rings (SSSR count). The van der Waals surface area contributed by atoms with E-state index >= 15 is 0 Å². The molecule has 0 fully saturated rings. The molecular formula is C12H17F2NOS. The molecule has 0 amide bonds. The van der Waals surface area contributed by atoms with Gasteiger partial charge in [-0.15, -0.1) is 0 Å². The maximum atomic E-state index is 13.4. The Morgan fingerprint density at radius 1 is 1.29 bits per heavy atom. The van der Waals surface area contributed by atoms with Crippen LogP contribution in [0.1, 0.15) is 25.5 Å². The minimum Gasteiger partial charge on any atom is -0.309 e. The summed E-state index contributed by atoms with van der Waals surface area (Å²) in [6.45, 7) is 3.97. The average molecular weight is 261 g/mol. The second-order valence-corrected chi connectivity index (χ2v) is 5.88. The minimum absolute atomic E-state index is 0.0292. The highest BCUT2D eigenvalue weighted by Gasteiger charge is 2.16. The monoisotopic (exact) mass is 261 g/mol. The van der Waals surface area contributed by atoms with E-state index < -0.39 is 28.5 Å². The van der Waals surface area contributed by atoms with Crippen LogP contribution >= 0.6 is 0 Å². The van der Waals surface area contributed by atoms with E-state index in [-0.39, 0.29) is 10.8 Å². The predicted molar refractivity (Wildman–Crippen MR) is 66.3 cm³/mol. The van der Waals surface area contributed by atoms with Crippen LogP contribution in [0.2, 0.25) is 0 Å². The number of hydrogen-bond donors (Lipinski definition) is 1. The first-order valence-electron chi connectivity index (χ1n) is 5.43. The largest absolute Gasteiger partial charge is 0.309 e. The van der Waals surface area contributed by atoms with Gasteiger partial charge in [-0.3, -0.25) is 4.21 Å². The zero-order chi connectivity index (χ0) is 13.0. The molecule has 3 unspecified atom stereocenters. The molecule has 5 heteroatoms. The maximum Gasteiger partial charge on any atom is 0.130 e. The zero-order valence-corrected chi connectivity index (χ0v) is 11.0. The summed E-state index contributed by atoms with van der Waals surface area (Å²) in [4.78, 5) is 0. The van der Waals surface area contributed by atoms with Gasteiger partial charge in [0.2, 0.25) is 0 Å². The van der Waals surface area contributed by atoms with Gasteiger partial charge in [-0.2, -0.15) is 0 Å². The lowest BCUT2D eigenvalue weighted by atomic mass is 10.1. The molecule has 0 aliphatic carbocycles. The van der Waals surface area contributed by atoms with Crippen molar-refractivity contribution in [1.29, 1.82) is 0 Å². The van der Waals surface area contributed by atoms with Gasteiger partial charge in [0, 0.05) is 40.5 Å². The van der Waals surface area contributed by atoms with Gasteiger partial charge in [-0.1, -0.05) is 6.07 Å². The topological polar surface area (TPSA) is 29.1 Å². The van der Waals surface area contributed by atoms with Crippen molar-refractivity contribution in [3.63, 3.8) is 0 Å². The third kappa shape index (κ3) is 3.85. The minimum atomic E-state index is -0.944. The van der Waals surface area contributed by atoms with Crippen LogP contribution in [0, 0.1) is 11.6 Å². The Balaban J connectivity index is 2.70. The fourth-order valence-electron chi connectivity index (χ4n) is 1.49. The lowest BCUT2D eigenvalue weighted by Crippen LogP contribution is -2.30. The zero-order valence-electron chi connectivity index (χ0n) is 10.2. The number of hydrogen-bond acceptors (Lipinski definition) is 2. The Bertz CT molecular complexity index is 391. The molecule has 0 saturated carbocycles. The van der Waals surface area contributed by atoms with Crippen LogP contribution < -0.4 is 5.32 Å². The van der Waals surface area contributed by atoms with Gasteiger partial charge in [0.15, 0.2) is 0 Å². The van der Waals surface area contributed by atoms with Crippen molar-refractivity contribution in [3.05, 3.63) is 35.4 Å². The first kappa shape index (κ1) is 14.3. The van der Waals surface area contributed by atoms with Crippen LogP contribution in [0.15, 0.2) is 18.2 Å². The van der Waals surface area contributed by atoms with Gasteiger partial charge in [-0.25, -0.2) is 8.78 Å². The third-order valence-electron chi connectivity index (χ3n) is 2.71. The van der Waals surface area contributed by atoms with Gasteiger partial charge in [0.1, 0.15) is 11.6 Å². The van der Waals surface area contributed by atoms with E-state index in [4.69, 9.17) is 0 Å². The third-order valence-corrected chi connectivity index (χ3v) is 4.01. The number of nitrogens with one attached hydrogen (secondary N) is 1. The Hall–Kier alpha value is -0.810. The highest BCUT2D eigenvalue weighted by atomic mass is 32.2. The van der Waals surface area contributed by atoms with Gasteiger partial charge in [-0.05, 0) is 26.0 Å². The molecule has 96 valence electrons. The van der Waals surface area contributed by atoms with Crippen molar-refractivity contribution in [1.82, 2.24) is 5.32 Å². The summed E-state index contributed by atoms with van der Waals surface area (Å²) in [5, 5.41) is 2.94. The molecule has 1 N–H and O–H groups in total. The van der Waals surface area contributed by atoms with Gasteiger partial charge in [0.05, 0.1) is 0 Å². The van der Waals surface area contributed by atoms with Gasteiger partial charge >= 0.3 is 0 Å². The highest BCUT2D eigenvalue weighted by molar-refractivity contribution is 7.84. The summed E-state index contributed by atoms with van der Waals surface area (Å²) < 4.78 is 38.0. The van der Waals surface area contributed by atoms with Gasteiger partial charge in [0.25, 0.3) is 0 Å². The molecular weight excluding hydrogens is 244 g/mol. The van der Waals surface area contributed by atoms with Crippen molar-refractivity contribution in [2.24, 2.45) is 0 Å². The molecule has 0 spiro atoms. The number of halogens is 2. The van der Waals surface area contributed by atoms with Crippen molar-refractivity contribution in [2.75, 3.05) is 12.8 Å². The summed E-state index contributed by atoms with van der Waals surface area (Å²) in [6, 6.07) is 3.36. The van der Waals surface area contributed by atoms with Crippen LogP contribution in [0.5, 0.6) is 0 Å². The molecule has 2 nitrogen and oxygen atoms in total. The molecule has 0 bridgehead atoms. The first-order valence-corrected chi connectivity index (χ1v) is 7.05. The Kier molecular flexibility index (Phi) is 5.21. The maximum absolute atomic E-state index is 13.4. The summed E-state index contributed by atoms with van der Waals surface area (Å²) in [5.74, 6) is -1.12. The lowest BCUT2D eigenvalue weighted by molar-refractivity contribution is 0.488. The predicted octanol–water partition coefficient (Wildman–Crippen LogP) is 2.38. The summed E-state index contributed by atoms with van der Waals surface area (Å²) in [5.41, 5.74) is 0.0292. The molecule has 17 heavy (non-hydrogen) atoms. The van der Waals surface area contributed by atoms with Crippen molar-refractivity contribution < 1.29 is 13.0 Å². The van der Waals surface area contributed by atoms with E-state index in [2.05, 4.69) is 5.32 Å². The summed E-state index contributed by atoms with van der Waals surface area (Å²) >= 11 is 0. The molecule has 0 aromatic heterocycles. The molecule has 0 aliphatic rings. The normalized spacial score (nSPS) is 16.5. The number of benzene rings is 1. The van der Waals surface area contributed by atoms with E-state index in [0.29, 0.717) is 6.54 Å². The quantitative estimate of drug-likeness (QED) is 0.881. The first-order chi connectivity index (χ1) is 7.93. The fraction of sp³-hybridized carbons (Fsp3) is 0.500. The second kappa shape index (κ2) is 6.21. The van der Waals surface area contributed by atoms with Crippen LogP contribution in [0.25, 0.3) is 0 Å². The van der Waals surface area contributed by atoms with Crippen molar-refractivity contribution in [3.8, 4) is 0 Å². The van der Waals surface area contributed by atoms with Crippen LogP contribution in [0.3, 0.4) is 0 Å². The van der Waals surface area contributed by atoms with E-state index in [1.807, 2.05) is 6.92 Å². The van der Waals surface area contributed by atoms with E-state index in [1.54, 1.807) is 13.2 Å². The smallest absolute Gasteiger partial charge is 0.130 e. The van der Waals surface area contributed by atoms with E-state index in [1.165, 1.54) is 18.2 Å². The number of rotatable bonds is 5. The van der Waals surface area contributed by atoms with Crippen LogP contribution in [-0.4, -0.2) is 22.3 Å². The summed E-state index contributed by atoms with van der Waals surface area (Å²) in [7, 11) is -0.944.